The summed E-state index contributed by atoms with van der Waals surface area (Å²) in [5.41, 5.74) is 0. The first-order chi connectivity index (χ1) is 9.22. The Labute approximate surface area is 114 Å². The molecule has 1 aromatic rings. The zero-order valence-electron chi connectivity index (χ0n) is 11.3. The molecule has 0 aliphatic heterocycles. The molecule has 2 fully saturated rings. The van der Waals surface area contributed by atoms with E-state index >= 15 is 0 Å². The first-order valence-corrected chi connectivity index (χ1v) is 7.26. The van der Waals surface area contributed by atoms with Crippen molar-refractivity contribution in [3.63, 3.8) is 0 Å². The van der Waals surface area contributed by atoms with Gasteiger partial charge in [-0.3, -0.25) is 0 Å². The van der Waals surface area contributed by atoms with E-state index in [1.807, 2.05) is 18.2 Å². The van der Waals surface area contributed by atoms with Gasteiger partial charge in [-0.2, -0.15) is 0 Å². The van der Waals surface area contributed by atoms with E-state index in [4.69, 9.17) is 4.74 Å². The molecule has 4 atom stereocenters. The van der Waals surface area contributed by atoms with Gasteiger partial charge in [0.05, 0.1) is 0 Å². The van der Waals surface area contributed by atoms with Crippen molar-refractivity contribution in [1.82, 2.24) is 5.32 Å². The SMILES string of the molecule is C[C@@H](NC(=O)Oc1ccccc1)[C@@H]1C[C@H]2CC[C@H]1C2. The maximum atomic E-state index is 11.9. The Kier molecular flexibility index (Phi) is 3.45. The number of rotatable bonds is 3. The summed E-state index contributed by atoms with van der Waals surface area (Å²) in [7, 11) is 0. The molecule has 1 amide bonds. The number of amides is 1. The molecule has 1 N–H and O–H groups in total. The number of hydrogen-bond donors (Lipinski definition) is 1. The van der Waals surface area contributed by atoms with Crippen LogP contribution < -0.4 is 10.1 Å². The third-order valence-corrected chi connectivity index (χ3v) is 4.73. The standard InChI is InChI=1S/C16H21NO2/c1-11(15-10-12-7-8-13(15)9-12)17-16(18)19-14-5-3-2-4-6-14/h2-6,11-13,15H,7-10H2,1H3,(H,17,18)/t11-,12+,13+,15+/m1/s1. The van der Waals surface area contributed by atoms with Crippen LogP contribution in [0.5, 0.6) is 5.75 Å². The van der Waals surface area contributed by atoms with Crippen molar-refractivity contribution in [2.24, 2.45) is 17.8 Å². The Balaban J connectivity index is 1.52. The van der Waals surface area contributed by atoms with Crippen molar-refractivity contribution in [2.75, 3.05) is 0 Å². The van der Waals surface area contributed by atoms with Crippen molar-refractivity contribution in [2.45, 2.75) is 38.6 Å². The second-order valence-electron chi connectivity index (χ2n) is 5.97. The molecular formula is C16H21NO2. The van der Waals surface area contributed by atoms with Crippen LogP contribution in [0.2, 0.25) is 0 Å². The van der Waals surface area contributed by atoms with E-state index in [-0.39, 0.29) is 12.1 Å². The first-order valence-electron chi connectivity index (χ1n) is 7.26. The van der Waals surface area contributed by atoms with Crippen LogP contribution in [-0.2, 0) is 0 Å². The van der Waals surface area contributed by atoms with Gasteiger partial charge in [0.15, 0.2) is 0 Å². The zero-order chi connectivity index (χ0) is 13.2. The maximum Gasteiger partial charge on any atom is 0.412 e. The van der Waals surface area contributed by atoms with E-state index in [1.54, 1.807) is 12.1 Å². The van der Waals surface area contributed by atoms with Crippen LogP contribution in [-0.4, -0.2) is 12.1 Å². The summed E-state index contributed by atoms with van der Waals surface area (Å²) in [4.78, 5) is 11.9. The predicted octanol–water partition coefficient (Wildman–Crippen LogP) is 3.60. The Morgan fingerprint density at radius 2 is 2.05 bits per heavy atom. The second-order valence-corrected chi connectivity index (χ2v) is 5.97. The number of carbonyl (C=O) groups excluding carboxylic acids is 1. The van der Waals surface area contributed by atoms with E-state index in [2.05, 4.69) is 12.2 Å². The number of carbonyl (C=O) groups is 1. The van der Waals surface area contributed by atoms with Gasteiger partial charge in [-0.15, -0.1) is 0 Å². The molecule has 0 spiro atoms. The number of para-hydroxylation sites is 1. The van der Waals surface area contributed by atoms with Gasteiger partial charge in [0, 0.05) is 6.04 Å². The fraction of sp³-hybridized carbons (Fsp3) is 0.562. The highest BCUT2D eigenvalue weighted by atomic mass is 16.6. The van der Waals surface area contributed by atoms with E-state index in [0.29, 0.717) is 11.7 Å². The molecule has 2 bridgehead atoms. The molecule has 3 nitrogen and oxygen atoms in total. The molecule has 0 radical (unpaired) electrons. The van der Waals surface area contributed by atoms with Crippen LogP contribution in [0.3, 0.4) is 0 Å². The summed E-state index contributed by atoms with van der Waals surface area (Å²) in [6.45, 7) is 2.11. The van der Waals surface area contributed by atoms with Crippen molar-refractivity contribution >= 4 is 6.09 Å². The van der Waals surface area contributed by atoms with Crippen LogP contribution in [0, 0.1) is 17.8 Å². The van der Waals surface area contributed by atoms with Gasteiger partial charge in [0.1, 0.15) is 5.75 Å². The smallest absolute Gasteiger partial charge is 0.410 e. The van der Waals surface area contributed by atoms with Crippen LogP contribution in [0.15, 0.2) is 30.3 Å². The van der Waals surface area contributed by atoms with Crippen molar-refractivity contribution in [1.29, 1.82) is 0 Å². The van der Waals surface area contributed by atoms with E-state index in [1.165, 1.54) is 25.7 Å². The van der Waals surface area contributed by atoms with Crippen LogP contribution in [0.1, 0.15) is 32.6 Å². The summed E-state index contributed by atoms with van der Waals surface area (Å²) >= 11 is 0. The molecule has 0 unspecified atom stereocenters. The van der Waals surface area contributed by atoms with Gasteiger partial charge in [0.25, 0.3) is 0 Å². The summed E-state index contributed by atoms with van der Waals surface area (Å²) in [5.74, 6) is 2.96. The average Bonchev–Trinajstić information content (AvgIpc) is 3.02. The lowest BCUT2D eigenvalue weighted by atomic mass is 9.84. The summed E-state index contributed by atoms with van der Waals surface area (Å²) < 4.78 is 5.27. The molecule has 3 rings (SSSR count). The number of benzene rings is 1. The van der Waals surface area contributed by atoms with Gasteiger partial charge in [-0.05, 0) is 56.1 Å². The molecule has 102 valence electrons. The maximum absolute atomic E-state index is 11.9. The lowest BCUT2D eigenvalue weighted by Gasteiger charge is -2.28. The quantitative estimate of drug-likeness (QED) is 0.900. The number of nitrogens with one attached hydrogen (secondary N) is 1. The van der Waals surface area contributed by atoms with Crippen molar-refractivity contribution in [3.8, 4) is 5.75 Å². The Bertz CT molecular complexity index is 445. The molecule has 19 heavy (non-hydrogen) atoms. The Hall–Kier alpha value is -1.51. The van der Waals surface area contributed by atoms with Crippen molar-refractivity contribution in [3.05, 3.63) is 30.3 Å². The fourth-order valence-corrected chi connectivity index (χ4v) is 3.82. The van der Waals surface area contributed by atoms with Crippen LogP contribution in [0.25, 0.3) is 0 Å². The third kappa shape index (κ3) is 2.75. The molecular weight excluding hydrogens is 238 g/mol. The molecule has 0 heterocycles. The summed E-state index contributed by atoms with van der Waals surface area (Å²) in [6.07, 6.45) is 5.04. The molecule has 0 aromatic heterocycles. The summed E-state index contributed by atoms with van der Waals surface area (Å²) in [6, 6.07) is 9.43. The normalized spacial score (nSPS) is 30.1. The Morgan fingerprint density at radius 1 is 1.26 bits per heavy atom. The largest absolute Gasteiger partial charge is 0.412 e. The highest BCUT2D eigenvalue weighted by molar-refractivity contribution is 5.70. The lowest BCUT2D eigenvalue weighted by Crippen LogP contribution is -2.41. The monoisotopic (exact) mass is 259 g/mol. The van der Waals surface area contributed by atoms with Gasteiger partial charge in [-0.25, -0.2) is 4.79 Å². The Morgan fingerprint density at radius 3 is 2.68 bits per heavy atom. The summed E-state index contributed by atoms with van der Waals surface area (Å²) in [5, 5.41) is 2.99. The lowest BCUT2D eigenvalue weighted by molar-refractivity contribution is 0.184. The molecule has 1 aromatic carbocycles. The van der Waals surface area contributed by atoms with E-state index in [0.717, 1.165) is 11.8 Å². The number of fused-ring (bicyclic) bond motifs is 2. The minimum Gasteiger partial charge on any atom is -0.410 e. The van der Waals surface area contributed by atoms with E-state index in [9.17, 15) is 4.79 Å². The van der Waals surface area contributed by atoms with Crippen LogP contribution in [0.4, 0.5) is 4.79 Å². The molecule has 2 aliphatic rings. The highest BCUT2D eigenvalue weighted by Gasteiger charge is 2.42. The fourth-order valence-electron chi connectivity index (χ4n) is 3.82. The molecule has 0 saturated heterocycles. The van der Waals surface area contributed by atoms with Gasteiger partial charge in [-0.1, -0.05) is 24.6 Å². The van der Waals surface area contributed by atoms with Gasteiger partial charge in [0.2, 0.25) is 0 Å². The van der Waals surface area contributed by atoms with Crippen molar-refractivity contribution < 1.29 is 9.53 Å². The zero-order valence-corrected chi connectivity index (χ0v) is 11.3. The topological polar surface area (TPSA) is 38.3 Å². The molecule has 2 saturated carbocycles. The third-order valence-electron chi connectivity index (χ3n) is 4.73. The first kappa shape index (κ1) is 12.5. The average molecular weight is 259 g/mol. The number of hydrogen-bond acceptors (Lipinski definition) is 2. The number of ether oxygens (including phenoxy) is 1. The predicted molar refractivity (Wildman–Crippen MR) is 74.0 cm³/mol. The van der Waals surface area contributed by atoms with E-state index < -0.39 is 0 Å². The minimum atomic E-state index is -0.332. The molecule has 2 aliphatic carbocycles. The van der Waals surface area contributed by atoms with Crippen LogP contribution >= 0.6 is 0 Å². The highest BCUT2D eigenvalue weighted by Crippen LogP contribution is 2.49. The minimum absolute atomic E-state index is 0.214. The second kappa shape index (κ2) is 5.24. The van der Waals surface area contributed by atoms with Gasteiger partial charge < -0.3 is 10.1 Å². The van der Waals surface area contributed by atoms with Gasteiger partial charge >= 0.3 is 6.09 Å². The molecule has 3 heteroatoms.